The first-order valence-corrected chi connectivity index (χ1v) is 8.03. The van der Waals surface area contributed by atoms with Crippen LogP contribution < -0.4 is 4.74 Å². The predicted molar refractivity (Wildman–Crippen MR) is 90.6 cm³/mol. The summed E-state index contributed by atoms with van der Waals surface area (Å²) in [5, 5.41) is 0.486. The fourth-order valence-electron chi connectivity index (χ4n) is 2.76. The zero-order chi connectivity index (χ0) is 17.1. The molecule has 0 atom stereocenters. The Labute approximate surface area is 145 Å². The van der Waals surface area contributed by atoms with Crippen LogP contribution in [0.15, 0.2) is 36.5 Å². The molecule has 1 aromatic heterocycles. The smallest absolute Gasteiger partial charge is 0.270 e. The van der Waals surface area contributed by atoms with E-state index in [1.54, 1.807) is 46.3 Å². The molecule has 7 heteroatoms. The molecule has 24 heavy (non-hydrogen) atoms. The van der Waals surface area contributed by atoms with Gasteiger partial charge in [0.25, 0.3) is 11.8 Å². The van der Waals surface area contributed by atoms with Gasteiger partial charge in [-0.1, -0.05) is 11.6 Å². The van der Waals surface area contributed by atoms with Crippen LogP contribution in [0.4, 0.5) is 0 Å². The number of methoxy groups -OCH3 is 1. The molecule has 1 fully saturated rings. The molecule has 0 aliphatic carbocycles. The number of aromatic amines is 1. The topological polar surface area (TPSA) is 65.6 Å². The number of ether oxygens (including phenoxy) is 1. The number of halogens is 1. The lowest BCUT2D eigenvalue weighted by atomic mass is 10.1. The molecular formula is C17H18ClN3O3. The molecule has 126 valence electrons. The lowest BCUT2D eigenvalue weighted by molar-refractivity contribution is 0.0531. The van der Waals surface area contributed by atoms with Gasteiger partial charge >= 0.3 is 0 Å². The number of carbonyl (C=O) groups is 2. The predicted octanol–water partition coefficient (Wildman–Crippen LogP) is 2.27. The molecule has 1 aromatic carbocycles. The van der Waals surface area contributed by atoms with E-state index in [1.807, 2.05) is 0 Å². The van der Waals surface area contributed by atoms with Crippen LogP contribution in [0.2, 0.25) is 5.02 Å². The van der Waals surface area contributed by atoms with Gasteiger partial charge in [-0.05, 0) is 30.3 Å². The van der Waals surface area contributed by atoms with Gasteiger partial charge in [-0.15, -0.1) is 0 Å². The van der Waals surface area contributed by atoms with Gasteiger partial charge in [-0.2, -0.15) is 0 Å². The number of hydrogen-bond acceptors (Lipinski definition) is 3. The second-order valence-corrected chi connectivity index (χ2v) is 5.95. The van der Waals surface area contributed by atoms with Crippen molar-refractivity contribution in [1.29, 1.82) is 0 Å². The number of rotatable bonds is 3. The summed E-state index contributed by atoms with van der Waals surface area (Å²) in [5.41, 5.74) is 1.00. The van der Waals surface area contributed by atoms with E-state index in [1.165, 1.54) is 7.11 Å². The third kappa shape index (κ3) is 3.23. The number of benzene rings is 1. The number of nitrogens with zero attached hydrogens (tertiary/aromatic N) is 2. The highest BCUT2D eigenvalue weighted by Crippen LogP contribution is 2.24. The molecule has 0 radical (unpaired) electrons. The van der Waals surface area contributed by atoms with E-state index in [-0.39, 0.29) is 11.8 Å². The number of nitrogens with one attached hydrogen (secondary N) is 1. The van der Waals surface area contributed by atoms with Crippen LogP contribution in [-0.4, -0.2) is 59.9 Å². The van der Waals surface area contributed by atoms with Crippen molar-refractivity contribution in [2.45, 2.75) is 0 Å². The SMILES string of the molecule is COc1ccc(Cl)cc1C(=O)N1CCN(C(=O)c2ccc[nH]2)CC1. The van der Waals surface area contributed by atoms with Crippen LogP contribution in [-0.2, 0) is 0 Å². The van der Waals surface area contributed by atoms with Crippen molar-refractivity contribution in [1.82, 2.24) is 14.8 Å². The van der Waals surface area contributed by atoms with Crippen molar-refractivity contribution in [2.24, 2.45) is 0 Å². The molecule has 2 aromatic rings. The molecule has 0 spiro atoms. The van der Waals surface area contributed by atoms with Crippen molar-refractivity contribution in [2.75, 3.05) is 33.3 Å². The Bertz CT molecular complexity index is 738. The molecule has 2 heterocycles. The Morgan fingerprint density at radius 2 is 1.75 bits per heavy atom. The molecule has 1 saturated heterocycles. The first-order valence-electron chi connectivity index (χ1n) is 7.65. The molecule has 1 N–H and O–H groups in total. The first kappa shape index (κ1) is 16.4. The normalized spacial score (nSPS) is 14.6. The first-order chi connectivity index (χ1) is 11.6. The van der Waals surface area contributed by atoms with Gasteiger partial charge in [0, 0.05) is 37.4 Å². The van der Waals surface area contributed by atoms with E-state index in [0.29, 0.717) is 48.2 Å². The summed E-state index contributed by atoms with van der Waals surface area (Å²) >= 11 is 6.00. The Balaban J connectivity index is 1.67. The third-order valence-corrected chi connectivity index (χ3v) is 4.31. The lowest BCUT2D eigenvalue weighted by Crippen LogP contribution is -2.50. The minimum Gasteiger partial charge on any atom is -0.496 e. The van der Waals surface area contributed by atoms with Crippen molar-refractivity contribution in [3.05, 3.63) is 52.8 Å². The maximum Gasteiger partial charge on any atom is 0.270 e. The maximum absolute atomic E-state index is 12.7. The Morgan fingerprint density at radius 1 is 1.08 bits per heavy atom. The number of carbonyl (C=O) groups excluding carboxylic acids is 2. The van der Waals surface area contributed by atoms with Crippen LogP contribution in [0, 0.1) is 0 Å². The molecule has 2 amide bonds. The zero-order valence-corrected chi connectivity index (χ0v) is 14.0. The summed E-state index contributed by atoms with van der Waals surface area (Å²) in [7, 11) is 1.52. The van der Waals surface area contributed by atoms with Crippen molar-refractivity contribution in [3.63, 3.8) is 0 Å². The average Bonchev–Trinajstić information content (AvgIpc) is 3.15. The van der Waals surface area contributed by atoms with Gasteiger partial charge in [0.1, 0.15) is 11.4 Å². The van der Waals surface area contributed by atoms with Crippen LogP contribution in [0.1, 0.15) is 20.8 Å². The highest BCUT2D eigenvalue weighted by atomic mass is 35.5. The van der Waals surface area contributed by atoms with Crippen LogP contribution in [0.5, 0.6) is 5.75 Å². The van der Waals surface area contributed by atoms with Crippen molar-refractivity contribution < 1.29 is 14.3 Å². The number of aromatic nitrogens is 1. The fraction of sp³-hybridized carbons (Fsp3) is 0.294. The van der Waals surface area contributed by atoms with E-state index in [4.69, 9.17) is 16.3 Å². The van der Waals surface area contributed by atoms with Gasteiger partial charge in [0.05, 0.1) is 12.7 Å². The number of hydrogen-bond donors (Lipinski definition) is 1. The van der Waals surface area contributed by atoms with E-state index < -0.39 is 0 Å². The number of H-pyrrole nitrogens is 1. The molecular weight excluding hydrogens is 330 g/mol. The Morgan fingerprint density at radius 3 is 2.33 bits per heavy atom. The Hall–Kier alpha value is -2.47. The molecule has 0 saturated carbocycles. The minimum atomic E-state index is -0.138. The molecule has 0 bridgehead atoms. The largest absolute Gasteiger partial charge is 0.496 e. The molecule has 3 rings (SSSR count). The van der Waals surface area contributed by atoms with E-state index in [9.17, 15) is 9.59 Å². The van der Waals surface area contributed by atoms with Crippen LogP contribution >= 0.6 is 11.6 Å². The van der Waals surface area contributed by atoms with Crippen molar-refractivity contribution >= 4 is 23.4 Å². The van der Waals surface area contributed by atoms with Crippen LogP contribution in [0.25, 0.3) is 0 Å². The highest BCUT2D eigenvalue weighted by molar-refractivity contribution is 6.31. The molecule has 6 nitrogen and oxygen atoms in total. The monoisotopic (exact) mass is 347 g/mol. The minimum absolute atomic E-state index is 0.0487. The number of piperazine rings is 1. The van der Waals surface area contributed by atoms with Gasteiger partial charge in [-0.25, -0.2) is 0 Å². The van der Waals surface area contributed by atoms with Crippen molar-refractivity contribution in [3.8, 4) is 5.75 Å². The maximum atomic E-state index is 12.7. The Kier molecular flexibility index (Phi) is 4.76. The van der Waals surface area contributed by atoms with Crippen LogP contribution in [0.3, 0.4) is 0 Å². The summed E-state index contributed by atoms with van der Waals surface area (Å²) in [6.45, 7) is 1.93. The van der Waals surface area contributed by atoms with Gasteiger partial charge in [0.2, 0.25) is 0 Å². The third-order valence-electron chi connectivity index (χ3n) is 4.07. The summed E-state index contributed by atoms with van der Waals surface area (Å²) in [6, 6.07) is 8.51. The van der Waals surface area contributed by atoms with E-state index >= 15 is 0 Å². The van der Waals surface area contributed by atoms with Gasteiger partial charge in [0.15, 0.2) is 0 Å². The molecule has 1 aliphatic rings. The van der Waals surface area contributed by atoms with E-state index in [2.05, 4.69) is 4.98 Å². The van der Waals surface area contributed by atoms with E-state index in [0.717, 1.165) is 0 Å². The number of amides is 2. The fourth-order valence-corrected chi connectivity index (χ4v) is 2.94. The average molecular weight is 348 g/mol. The second kappa shape index (κ2) is 6.97. The summed E-state index contributed by atoms with van der Waals surface area (Å²) in [5.74, 6) is 0.308. The standard InChI is InChI=1S/C17H18ClN3O3/c1-24-15-5-4-12(18)11-13(15)16(22)20-7-9-21(10-8-20)17(23)14-3-2-6-19-14/h2-6,11,19H,7-10H2,1H3. The quantitative estimate of drug-likeness (QED) is 0.926. The highest BCUT2D eigenvalue weighted by Gasteiger charge is 2.27. The zero-order valence-electron chi connectivity index (χ0n) is 13.3. The molecule has 0 unspecified atom stereocenters. The second-order valence-electron chi connectivity index (χ2n) is 5.51. The molecule has 1 aliphatic heterocycles. The van der Waals surface area contributed by atoms with Gasteiger partial charge < -0.3 is 19.5 Å². The lowest BCUT2D eigenvalue weighted by Gasteiger charge is -2.34. The summed E-state index contributed by atoms with van der Waals surface area (Å²) in [6.07, 6.45) is 1.72. The summed E-state index contributed by atoms with van der Waals surface area (Å²) < 4.78 is 5.25. The van der Waals surface area contributed by atoms with Gasteiger partial charge in [-0.3, -0.25) is 9.59 Å². The summed E-state index contributed by atoms with van der Waals surface area (Å²) in [4.78, 5) is 31.4.